The third kappa shape index (κ3) is 18.3. The minimum Gasteiger partial charge on any atom is -0.458 e. The fourth-order valence-electron chi connectivity index (χ4n) is 8.42. The maximum atomic E-state index is 14.0. The fraction of sp³-hybridized carbons (Fsp3) is 0.953. The first kappa shape index (κ1) is 44.0. The molecule has 1 N–H and O–H groups in total. The van der Waals surface area contributed by atoms with E-state index in [0.29, 0.717) is 0 Å². The molecule has 2 fully saturated rings. The summed E-state index contributed by atoms with van der Waals surface area (Å²) in [6.45, 7) is 12.3. The summed E-state index contributed by atoms with van der Waals surface area (Å²) in [5.74, 6) is -0.171. The Labute approximate surface area is 303 Å². The molecule has 2 aliphatic rings. The van der Waals surface area contributed by atoms with Crippen LogP contribution in [0.25, 0.3) is 0 Å². The number of esters is 2. The average molecular weight is 692 g/mol. The predicted octanol–water partition coefficient (Wildman–Crippen LogP) is 11.4. The molecule has 6 nitrogen and oxygen atoms in total. The molecule has 6 heteroatoms. The van der Waals surface area contributed by atoms with Gasteiger partial charge in [0.15, 0.2) is 0 Å². The quantitative estimate of drug-likeness (QED) is 0.0597. The van der Waals surface area contributed by atoms with Gasteiger partial charge >= 0.3 is 11.9 Å². The molecule has 4 atom stereocenters. The molecular weight excluding hydrogens is 610 g/mol. The van der Waals surface area contributed by atoms with E-state index in [1.54, 1.807) is 0 Å². The minimum absolute atomic E-state index is 0.0384. The summed E-state index contributed by atoms with van der Waals surface area (Å²) in [5.41, 5.74) is 0.0664. The number of hydrogen-bond acceptors (Lipinski definition) is 6. The van der Waals surface area contributed by atoms with E-state index >= 15 is 0 Å². The Morgan fingerprint density at radius 3 is 1.31 bits per heavy atom. The number of likely N-dealkylation sites (tertiary alicyclic amines) is 1. The van der Waals surface area contributed by atoms with Crippen LogP contribution in [0.2, 0.25) is 0 Å². The first-order valence-electron chi connectivity index (χ1n) is 21.7. The zero-order valence-corrected chi connectivity index (χ0v) is 33.0. The smallest absolute Gasteiger partial charge is 0.309 e. The van der Waals surface area contributed by atoms with Crippen LogP contribution in [0.5, 0.6) is 0 Å². The lowest BCUT2D eigenvalue weighted by atomic mass is 9.76. The molecule has 288 valence electrons. The number of ether oxygens (including phenoxy) is 2. The highest BCUT2D eigenvalue weighted by molar-refractivity contribution is 5.74. The van der Waals surface area contributed by atoms with Gasteiger partial charge in [-0.25, -0.2) is 0 Å². The van der Waals surface area contributed by atoms with Crippen LogP contribution in [0.1, 0.15) is 207 Å². The van der Waals surface area contributed by atoms with E-state index < -0.39 is 0 Å². The molecule has 0 radical (unpaired) electrons. The molecule has 1 spiro atoms. The number of nitrogens with zero attached hydrogens (tertiary/aromatic N) is 1. The van der Waals surface area contributed by atoms with E-state index in [0.717, 1.165) is 110 Å². The SMILES string of the molecule is CCCCCCCC(CCCCCC)C(=O)O[C@@H]1CC2(CCN(CCCCO)CC2)C[C@H]1OC(=O)C(CCCCCC)CCCCCCC. The largest absolute Gasteiger partial charge is 0.458 e. The lowest BCUT2D eigenvalue weighted by Crippen LogP contribution is -2.40. The van der Waals surface area contributed by atoms with Crippen molar-refractivity contribution >= 4 is 11.9 Å². The van der Waals surface area contributed by atoms with Gasteiger partial charge in [0.1, 0.15) is 12.2 Å². The second kappa shape index (κ2) is 27.5. The Hall–Kier alpha value is -1.14. The van der Waals surface area contributed by atoms with Gasteiger partial charge in [0.2, 0.25) is 0 Å². The minimum atomic E-state index is -0.332. The van der Waals surface area contributed by atoms with Gasteiger partial charge in [0, 0.05) is 6.61 Å². The highest BCUT2D eigenvalue weighted by Crippen LogP contribution is 2.49. The fourth-order valence-corrected chi connectivity index (χ4v) is 8.42. The van der Waals surface area contributed by atoms with Gasteiger partial charge in [-0.1, -0.05) is 143 Å². The van der Waals surface area contributed by atoms with Crippen molar-refractivity contribution in [1.29, 1.82) is 0 Å². The molecule has 0 amide bonds. The summed E-state index contributed by atoms with van der Waals surface area (Å²) in [6.07, 6.45) is 30.0. The van der Waals surface area contributed by atoms with E-state index in [-0.39, 0.29) is 48.0 Å². The number of piperidine rings is 1. The summed E-state index contributed by atoms with van der Waals surface area (Å²) >= 11 is 0. The Morgan fingerprint density at radius 2 is 0.939 bits per heavy atom. The lowest BCUT2D eigenvalue weighted by molar-refractivity contribution is -0.171. The van der Waals surface area contributed by atoms with Crippen molar-refractivity contribution in [3.8, 4) is 0 Å². The maximum Gasteiger partial charge on any atom is 0.309 e. The second-order valence-corrected chi connectivity index (χ2v) is 16.1. The Morgan fingerprint density at radius 1 is 0.571 bits per heavy atom. The van der Waals surface area contributed by atoms with E-state index in [4.69, 9.17) is 9.47 Å². The van der Waals surface area contributed by atoms with E-state index in [2.05, 4.69) is 32.6 Å². The number of aliphatic hydroxyl groups is 1. The number of hydrogen-bond donors (Lipinski definition) is 1. The van der Waals surface area contributed by atoms with Crippen LogP contribution in [0.4, 0.5) is 0 Å². The van der Waals surface area contributed by atoms with Crippen molar-refractivity contribution in [1.82, 2.24) is 4.90 Å². The van der Waals surface area contributed by atoms with Crippen LogP contribution in [0.3, 0.4) is 0 Å². The molecule has 49 heavy (non-hydrogen) atoms. The Bertz CT molecular complexity index is 771. The number of aliphatic hydroxyl groups excluding tert-OH is 1. The Balaban J connectivity index is 2.16. The molecule has 1 saturated carbocycles. The van der Waals surface area contributed by atoms with E-state index in [9.17, 15) is 14.7 Å². The molecule has 2 rings (SSSR count). The van der Waals surface area contributed by atoms with Gasteiger partial charge in [0.25, 0.3) is 0 Å². The molecule has 2 unspecified atom stereocenters. The molecule has 1 aliphatic carbocycles. The number of carbonyl (C=O) groups excluding carboxylic acids is 2. The molecule has 1 saturated heterocycles. The number of carbonyl (C=O) groups is 2. The van der Waals surface area contributed by atoms with Gasteiger partial charge in [-0.2, -0.15) is 0 Å². The maximum absolute atomic E-state index is 14.0. The topological polar surface area (TPSA) is 76.1 Å². The van der Waals surface area contributed by atoms with E-state index in [1.165, 1.54) is 89.9 Å². The molecule has 1 aliphatic heterocycles. The molecular formula is C43H81NO5. The lowest BCUT2D eigenvalue weighted by Gasteiger charge is -2.39. The summed E-state index contributed by atoms with van der Waals surface area (Å²) < 4.78 is 13.0. The van der Waals surface area contributed by atoms with Crippen molar-refractivity contribution in [2.45, 2.75) is 220 Å². The zero-order valence-electron chi connectivity index (χ0n) is 33.0. The van der Waals surface area contributed by atoms with Crippen LogP contribution < -0.4 is 0 Å². The first-order valence-corrected chi connectivity index (χ1v) is 21.7. The van der Waals surface area contributed by atoms with Gasteiger partial charge < -0.3 is 19.5 Å². The van der Waals surface area contributed by atoms with Gasteiger partial charge in [-0.15, -0.1) is 0 Å². The molecule has 0 bridgehead atoms. The van der Waals surface area contributed by atoms with Crippen molar-refractivity contribution in [3.63, 3.8) is 0 Å². The third-order valence-electron chi connectivity index (χ3n) is 11.8. The van der Waals surface area contributed by atoms with Gasteiger partial charge in [-0.3, -0.25) is 9.59 Å². The van der Waals surface area contributed by atoms with Crippen molar-refractivity contribution in [3.05, 3.63) is 0 Å². The monoisotopic (exact) mass is 692 g/mol. The first-order chi connectivity index (χ1) is 23.9. The molecule has 0 aromatic rings. The highest BCUT2D eigenvalue weighted by Gasteiger charge is 2.50. The predicted molar refractivity (Wildman–Crippen MR) is 205 cm³/mol. The normalized spacial score (nSPS) is 20.4. The second-order valence-electron chi connectivity index (χ2n) is 16.1. The molecule has 1 heterocycles. The summed E-state index contributed by atoms with van der Waals surface area (Å²) in [6, 6.07) is 0. The Kier molecular flexibility index (Phi) is 24.7. The van der Waals surface area contributed by atoms with Crippen molar-refractivity contribution < 1.29 is 24.2 Å². The van der Waals surface area contributed by atoms with Crippen LogP contribution >= 0.6 is 0 Å². The zero-order chi connectivity index (χ0) is 35.6. The van der Waals surface area contributed by atoms with Gasteiger partial charge in [0.05, 0.1) is 11.8 Å². The standard InChI is InChI=1S/C43H81NO5/c1-5-9-13-17-21-27-37(25-19-15-11-7-3)41(46)48-39-35-43(29-32-44(33-30-43)31-23-24-34-45)36-40(39)49-42(47)38(26-20-16-12-8-4)28-22-18-14-10-6-2/h37-40,45H,5-36H2,1-4H3/t37?,38?,39-,40-/m1/s1. The molecule has 0 aromatic heterocycles. The van der Waals surface area contributed by atoms with Crippen molar-refractivity contribution in [2.24, 2.45) is 17.3 Å². The van der Waals surface area contributed by atoms with Crippen LogP contribution in [0, 0.1) is 17.3 Å². The highest BCUT2D eigenvalue weighted by atomic mass is 16.6. The number of unbranched alkanes of at least 4 members (excludes halogenated alkanes) is 15. The summed E-state index contributed by atoms with van der Waals surface area (Å²) in [5, 5.41) is 9.25. The summed E-state index contributed by atoms with van der Waals surface area (Å²) in [7, 11) is 0. The average Bonchev–Trinajstić information content (AvgIpc) is 3.42. The van der Waals surface area contributed by atoms with Gasteiger partial charge in [-0.05, 0) is 89.3 Å². The van der Waals surface area contributed by atoms with Crippen LogP contribution in [0.15, 0.2) is 0 Å². The van der Waals surface area contributed by atoms with Crippen molar-refractivity contribution in [2.75, 3.05) is 26.2 Å². The summed E-state index contributed by atoms with van der Waals surface area (Å²) in [4.78, 5) is 30.4. The third-order valence-corrected chi connectivity index (χ3v) is 11.8. The van der Waals surface area contributed by atoms with Crippen LogP contribution in [-0.4, -0.2) is 60.4 Å². The molecule has 0 aromatic carbocycles. The van der Waals surface area contributed by atoms with Crippen LogP contribution in [-0.2, 0) is 19.1 Å². The number of rotatable bonds is 30. The van der Waals surface area contributed by atoms with E-state index in [1.807, 2.05) is 0 Å².